The Morgan fingerprint density at radius 2 is 1.12 bits per heavy atom. The number of fused-ring (bicyclic) bond motifs is 5. The molecule has 0 aliphatic heterocycles. The van der Waals surface area contributed by atoms with E-state index in [0.29, 0.717) is 43.3 Å². The van der Waals surface area contributed by atoms with E-state index in [4.69, 9.17) is 20.4 Å². The van der Waals surface area contributed by atoms with Gasteiger partial charge in [0.15, 0.2) is 0 Å². The second-order valence-corrected chi connectivity index (χ2v) is 13.4. The Labute approximate surface area is 288 Å². The lowest BCUT2D eigenvalue weighted by Gasteiger charge is -2.50. The molecule has 0 saturated heterocycles. The van der Waals surface area contributed by atoms with Gasteiger partial charge in [0.25, 0.3) is 0 Å². The van der Waals surface area contributed by atoms with E-state index in [9.17, 15) is 29.4 Å². The van der Waals surface area contributed by atoms with Gasteiger partial charge in [0.05, 0.1) is 6.10 Å². The number of aromatic hydroxyl groups is 1. The van der Waals surface area contributed by atoms with Gasteiger partial charge in [-0.15, -0.1) is 0 Å². The van der Waals surface area contributed by atoms with Gasteiger partial charge in [-0.25, -0.2) is 0 Å². The van der Waals surface area contributed by atoms with Crippen LogP contribution in [0.15, 0.2) is 18.2 Å². The van der Waals surface area contributed by atoms with Crippen molar-refractivity contribution in [2.24, 2.45) is 17.3 Å². The van der Waals surface area contributed by atoms with Crippen molar-refractivity contribution < 1.29 is 49.8 Å². The molecule has 0 aromatic heterocycles. The molecular formula is C38H64O10. The third kappa shape index (κ3) is 17.3. The molecule has 4 rings (SSSR count). The minimum absolute atomic E-state index is 0.0883. The van der Waals surface area contributed by atoms with Crippen LogP contribution in [0.1, 0.15) is 161 Å². The maximum atomic E-state index is 10.4. The Morgan fingerprint density at radius 3 is 1.50 bits per heavy atom. The fraction of sp³-hybridized carbons (Fsp3) is 0.737. The average molecular weight is 681 g/mol. The standard InChI is InChI=1S/C18H24O2.4C5H10O2/c1-18-9-8-14-13-5-3-12(19)10-11(13)2-4-15(14)16(18)6-7-17(18)20;4*1-2-3-4-5(6)7/h3,5,10,14-17,19-20H,2,4,6-9H2,1H3;4*2-4H2,1H3,(H,6,7)/t14-,15-,16+,17+,18+;;;;/m1..../s1. The van der Waals surface area contributed by atoms with E-state index in [1.54, 1.807) is 0 Å². The largest absolute Gasteiger partial charge is 0.508 e. The Bertz CT molecular complexity index is 1020. The second kappa shape index (κ2) is 24.9. The fourth-order valence-corrected chi connectivity index (χ4v) is 6.85. The molecule has 2 fully saturated rings. The topological polar surface area (TPSA) is 190 Å². The van der Waals surface area contributed by atoms with Gasteiger partial charge in [0.2, 0.25) is 0 Å². The van der Waals surface area contributed by atoms with Crippen LogP contribution in [-0.4, -0.2) is 60.6 Å². The molecule has 10 heteroatoms. The van der Waals surface area contributed by atoms with Crippen LogP contribution in [0.25, 0.3) is 0 Å². The summed E-state index contributed by atoms with van der Waals surface area (Å²) in [6.45, 7) is 10.2. The zero-order valence-electron chi connectivity index (χ0n) is 30.1. The first-order chi connectivity index (χ1) is 22.7. The molecule has 276 valence electrons. The van der Waals surface area contributed by atoms with Crippen LogP contribution in [0.4, 0.5) is 0 Å². The van der Waals surface area contributed by atoms with Gasteiger partial charge >= 0.3 is 23.9 Å². The number of carbonyl (C=O) groups is 4. The van der Waals surface area contributed by atoms with Gasteiger partial charge in [-0.1, -0.05) is 66.4 Å². The van der Waals surface area contributed by atoms with E-state index in [1.165, 1.54) is 30.4 Å². The third-order valence-corrected chi connectivity index (χ3v) is 9.64. The predicted molar refractivity (Wildman–Crippen MR) is 187 cm³/mol. The molecule has 0 amide bonds. The molecule has 0 spiro atoms. The number of unbranched alkanes of at least 4 members (excludes halogenated alkanes) is 4. The normalized spacial score (nSPS) is 22.9. The van der Waals surface area contributed by atoms with Crippen molar-refractivity contribution in [2.45, 2.75) is 162 Å². The lowest BCUT2D eigenvalue weighted by molar-refractivity contribution is -0.138. The van der Waals surface area contributed by atoms with Crippen molar-refractivity contribution in [1.29, 1.82) is 0 Å². The summed E-state index contributed by atoms with van der Waals surface area (Å²) >= 11 is 0. The molecule has 0 heterocycles. The number of phenolic OH excluding ortho intramolecular Hbond substituents is 1. The Balaban J connectivity index is 0.000000661. The highest BCUT2D eigenvalue weighted by Gasteiger charge is 2.54. The molecule has 0 radical (unpaired) electrons. The smallest absolute Gasteiger partial charge is 0.303 e. The van der Waals surface area contributed by atoms with Crippen molar-refractivity contribution in [3.63, 3.8) is 0 Å². The van der Waals surface area contributed by atoms with Gasteiger partial charge in [-0.2, -0.15) is 0 Å². The first-order valence-electron chi connectivity index (χ1n) is 18.0. The SMILES string of the molecule is CCCCC(=O)O.CCCCC(=O)O.CCCCC(=O)O.CCCCC(=O)O.C[C@]12CC[C@@H]3c4ccc(O)cc4CC[C@H]3[C@@H]1CC[C@@H]2O. The highest BCUT2D eigenvalue weighted by atomic mass is 16.4. The van der Waals surface area contributed by atoms with Crippen LogP contribution < -0.4 is 0 Å². The maximum absolute atomic E-state index is 10.4. The average Bonchev–Trinajstić information content (AvgIpc) is 3.35. The number of rotatable bonds is 12. The van der Waals surface area contributed by atoms with Gasteiger partial charge in [0, 0.05) is 25.7 Å². The van der Waals surface area contributed by atoms with Crippen LogP contribution >= 0.6 is 0 Å². The summed E-state index contributed by atoms with van der Waals surface area (Å²) in [4.78, 5) is 39.0. The number of carboxylic acid groups (broad SMARTS) is 4. The molecule has 0 unspecified atom stereocenters. The first kappa shape index (κ1) is 44.9. The quantitative estimate of drug-likeness (QED) is 0.125. The molecule has 0 bridgehead atoms. The van der Waals surface area contributed by atoms with Crippen molar-refractivity contribution in [2.75, 3.05) is 0 Å². The predicted octanol–water partition coefficient (Wildman–Crippen LogP) is 8.65. The van der Waals surface area contributed by atoms with Crippen LogP contribution in [0.5, 0.6) is 5.75 Å². The molecule has 5 atom stereocenters. The molecule has 2 saturated carbocycles. The van der Waals surface area contributed by atoms with E-state index in [1.807, 2.05) is 39.8 Å². The zero-order chi connectivity index (χ0) is 36.7. The van der Waals surface area contributed by atoms with E-state index in [2.05, 4.69) is 13.0 Å². The highest BCUT2D eigenvalue weighted by molar-refractivity contribution is 5.67. The summed E-state index contributed by atoms with van der Waals surface area (Å²) < 4.78 is 0. The number of aliphatic carboxylic acids is 4. The summed E-state index contributed by atoms with van der Waals surface area (Å²) in [6, 6.07) is 5.96. The minimum Gasteiger partial charge on any atom is -0.508 e. The van der Waals surface area contributed by atoms with Crippen molar-refractivity contribution in [3.05, 3.63) is 29.3 Å². The second-order valence-electron chi connectivity index (χ2n) is 13.4. The first-order valence-corrected chi connectivity index (χ1v) is 18.0. The molecule has 3 aliphatic rings. The van der Waals surface area contributed by atoms with Crippen LogP contribution in [-0.2, 0) is 25.6 Å². The van der Waals surface area contributed by atoms with Gasteiger partial charge < -0.3 is 30.6 Å². The molecule has 1 aromatic carbocycles. The maximum Gasteiger partial charge on any atom is 0.303 e. The number of aliphatic hydroxyl groups excluding tert-OH is 1. The minimum atomic E-state index is -0.693. The number of aliphatic hydroxyl groups is 1. The summed E-state index contributed by atoms with van der Waals surface area (Å²) in [5, 5.41) is 52.2. The lowest BCUT2D eigenvalue weighted by atomic mass is 9.55. The summed E-state index contributed by atoms with van der Waals surface area (Å²) in [6.07, 6.45) is 15.1. The van der Waals surface area contributed by atoms with Gasteiger partial charge in [-0.3, -0.25) is 19.2 Å². The van der Waals surface area contributed by atoms with E-state index in [-0.39, 0.29) is 11.5 Å². The fourth-order valence-electron chi connectivity index (χ4n) is 6.85. The number of carboxylic acids is 4. The van der Waals surface area contributed by atoms with Gasteiger partial charge in [-0.05, 0) is 111 Å². The van der Waals surface area contributed by atoms with Crippen LogP contribution in [0, 0.1) is 17.3 Å². The van der Waals surface area contributed by atoms with E-state index in [0.717, 1.165) is 76.5 Å². The van der Waals surface area contributed by atoms with E-state index < -0.39 is 23.9 Å². The Hall–Kier alpha value is -3.14. The molecular weight excluding hydrogens is 616 g/mol. The number of aryl methyl sites for hydroxylation is 1. The number of phenols is 1. The van der Waals surface area contributed by atoms with Crippen LogP contribution in [0.2, 0.25) is 0 Å². The monoisotopic (exact) mass is 680 g/mol. The van der Waals surface area contributed by atoms with Crippen molar-refractivity contribution in [1.82, 2.24) is 0 Å². The molecule has 3 aliphatic carbocycles. The lowest BCUT2D eigenvalue weighted by Crippen LogP contribution is -2.43. The van der Waals surface area contributed by atoms with E-state index >= 15 is 0 Å². The number of hydrogen-bond donors (Lipinski definition) is 6. The molecule has 10 nitrogen and oxygen atoms in total. The van der Waals surface area contributed by atoms with Gasteiger partial charge in [0.1, 0.15) is 5.75 Å². The zero-order valence-corrected chi connectivity index (χ0v) is 30.1. The third-order valence-electron chi connectivity index (χ3n) is 9.64. The highest BCUT2D eigenvalue weighted by Crippen LogP contribution is 2.60. The summed E-state index contributed by atoms with van der Waals surface area (Å²) in [5.41, 5.74) is 2.99. The van der Waals surface area contributed by atoms with Crippen molar-refractivity contribution in [3.8, 4) is 5.75 Å². The van der Waals surface area contributed by atoms with Crippen LogP contribution in [0.3, 0.4) is 0 Å². The number of benzene rings is 1. The molecule has 48 heavy (non-hydrogen) atoms. The molecule has 6 N–H and O–H groups in total. The Morgan fingerprint density at radius 1 is 0.688 bits per heavy atom. The Kier molecular flexibility index (Phi) is 23.3. The number of hydrogen-bond acceptors (Lipinski definition) is 6. The van der Waals surface area contributed by atoms with Crippen molar-refractivity contribution >= 4 is 23.9 Å². The summed E-state index contributed by atoms with van der Waals surface area (Å²) in [5.74, 6) is -0.282. The molecule has 1 aromatic rings. The summed E-state index contributed by atoms with van der Waals surface area (Å²) in [7, 11) is 0.